The minimum Gasteiger partial charge on any atom is -0.488 e. The van der Waals surface area contributed by atoms with Crippen LogP contribution in [0.3, 0.4) is 0 Å². The second-order valence-electron chi connectivity index (χ2n) is 4.58. The van der Waals surface area contributed by atoms with Crippen molar-refractivity contribution in [3.63, 3.8) is 0 Å². The smallest absolute Gasteiger partial charge is 0.328 e. The van der Waals surface area contributed by atoms with Crippen LogP contribution in [0.25, 0.3) is 6.08 Å². The van der Waals surface area contributed by atoms with E-state index < -0.39 is 5.97 Å². The van der Waals surface area contributed by atoms with Crippen LogP contribution in [0.5, 0.6) is 5.75 Å². The SMILES string of the molecule is Cc1cc(/C=C/C(=O)O)cc(C)c1OCc1ccsc1. The van der Waals surface area contributed by atoms with Crippen molar-refractivity contribution < 1.29 is 14.6 Å². The molecule has 1 aromatic heterocycles. The fraction of sp³-hybridized carbons (Fsp3) is 0.188. The molecule has 0 aliphatic heterocycles. The molecular weight excluding hydrogens is 272 g/mol. The largest absolute Gasteiger partial charge is 0.488 e. The molecule has 0 spiro atoms. The number of hydrogen-bond donors (Lipinski definition) is 1. The summed E-state index contributed by atoms with van der Waals surface area (Å²) in [7, 11) is 0. The van der Waals surface area contributed by atoms with Crippen LogP contribution in [0.4, 0.5) is 0 Å². The molecule has 0 aliphatic carbocycles. The van der Waals surface area contributed by atoms with E-state index >= 15 is 0 Å². The van der Waals surface area contributed by atoms with E-state index in [1.807, 2.05) is 37.4 Å². The van der Waals surface area contributed by atoms with Gasteiger partial charge in [0.25, 0.3) is 0 Å². The zero-order valence-corrected chi connectivity index (χ0v) is 12.2. The molecule has 1 N–H and O–H groups in total. The normalized spacial score (nSPS) is 10.9. The molecule has 0 aliphatic rings. The zero-order valence-electron chi connectivity index (χ0n) is 11.4. The van der Waals surface area contributed by atoms with Crippen molar-refractivity contribution in [2.45, 2.75) is 20.5 Å². The van der Waals surface area contributed by atoms with Gasteiger partial charge in [0.05, 0.1) is 0 Å². The van der Waals surface area contributed by atoms with Crippen LogP contribution in [-0.2, 0) is 11.4 Å². The van der Waals surface area contributed by atoms with Crippen molar-refractivity contribution in [2.24, 2.45) is 0 Å². The maximum absolute atomic E-state index is 10.5. The highest BCUT2D eigenvalue weighted by Crippen LogP contribution is 2.26. The van der Waals surface area contributed by atoms with Crippen molar-refractivity contribution in [1.29, 1.82) is 0 Å². The highest BCUT2D eigenvalue weighted by atomic mass is 32.1. The third-order valence-corrected chi connectivity index (χ3v) is 3.60. The van der Waals surface area contributed by atoms with Crippen LogP contribution < -0.4 is 4.74 Å². The number of hydrogen-bond acceptors (Lipinski definition) is 3. The number of thiophene rings is 1. The summed E-state index contributed by atoms with van der Waals surface area (Å²) in [6, 6.07) is 5.89. The van der Waals surface area contributed by atoms with E-state index in [9.17, 15) is 4.79 Å². The van der Waals surface area contributed by atoms with Gasteiger partial charge in [0, 0.05) is 6.08 Å². The number of carboxylic acids is 1. The monoisotopic (exact) mass is 288 g/mol. The molecule has 20 heavy (non-hydrogen) atoms. The molecule has 0 saturated heterocycles. The number of carboxylic acid groups (broad SMARTS) is 1. The second kappa shape index (κ2) is 6.39. The fourth-order valence-electron chi connectivity index (χ4n) is 2.01. The number of aliphatic carboxylic acids is 1. The Balaban J connectivity index is 2.16. The molecular formula is C16H16O3S. The van der Waals surface area contributed by atoms with E-state index in [-0.39, 0.29) is 0 Å². The van der Waals surface area contributed by atoms with Crippen LogP contribution in [0, 0.1) is 13.8 Å². The van der Waals surface area contributed by atoms with E-state index in [1.54, 1.807) is 17.4 Å². The van der Waals surface area contributed by atoms with Gasteiger partial charge in [-0.1, -0.05) is 0 Å². The van der Waals surface area contributed by atoms with Gasteiger partial charge in [0.2, 0.25) is 0 Å². The van der Waals surface area contributed by atoms with Gasteiger partial charge in [-0.3, -0.25) is 0 Å². The van der Waals surface area contributed by atoms with Crippen LogP contribution in [0.2, 0.25) is 0 Å². The molecule has 0 unspecified atom stereocenters. The molecule has 0 amide bonds. The third-order valence-electron chi connectivity index (χ3n) is 2.86. The van der Waals surface area contributed by atoms with Gasteiger partial charge < -0.3 is 9.84 Å². The number of carbonyl (C=O) groups is 1. The van der Waals surface area contributed by atoms with E-state index in [4.69, 9.17) is 9.84 Å². The van der Waals surface area contributed by atoms with Crippen molar-refractivity contribution in [1.82, 2.24) is 0 Å². The third kappa shape index (κ3) is 3.71. The molecule has 104 valence electrons. The number of rotatable bonds is 5. The molecule has 0 atom stereocenters. The Morgan fingerprint density at radius 2 is 2.05 bits per heavy atom. The Labute approximate surface area is 122 Å². The first-order valence-electron chi connectivity index (χ1n) is 6.22. The summed E-state index contributed by atoms with van der Waals surface area (Å²) in [5.41, 5.74) is 4.03. The highest BCUT2D eigenvalue weighted by molar-refractivity contribution is 7.07. The van der Waals surface area contributed by atoms with E-state index in [1.165, 1.54) is 0 Å². The van der Waals surface area contributed by atoms with Crippen LogP contribution in [0.1, 0.15) is 22.3 Å². The van der Waals surface area contributed by atoms with E-state index in [2.05, 4.69) is 5.38 Å². The van der Waals surface area contributed by atoms with Crippen molar-refractivity contribution in [2.75, 3.05) is 0 Å². The van der Waals surface area contributed by atoms with Gasteiger partial charge in [0.1, 0.15) is 12.4 Å². The molecule has 0 radical (unpaired) electrons. The number of aryl methyl sites for hydroxylation is 2. The lowest BCUT2D eigenvalue weighted by Crippen LogP contribution is -1.98. The zero-order chi connectivity index (χ0) is 14.5. The maximum Gasteiger partial charge on any atom is 0.328 e. The predicted molar refractivity (Wildman–Crippen MR) is 81.2 cm³/mol. The average molecular weight is 288 g/mol. The van der Waals surface area contributed by atoms with E-state index in [0.29, 0.717) is 6.61 Å². The van der Waals surface area contributed by atoms with Gasteiger partial charge >= 0.3 is 5.97 Å². The van der Waals surface area contributed by atoms with Crippen LogP contribution in [-0.4, -0.2) is 11.1 Å². The Hall–Kier alpha value is -2.07. The Morgan fingerprint density at radius 3 is 2.60 bits per heavy atom. The lowest BCUT2D eigenvalue weighted by Gasteiger charge is -2.12. The minimum absolute atomic E-state index is 0.551. The Morgan fingerprint density at radius 1 is 1.35 bits per heavy atom. The summed E-state index contributed by atoms with van der Waals surface area (Å²) in [6.07, 6.45) is 2.73. The lowest BCUT2D eigenvalue weighted by atomic mass is 10.1. The average Bonchev–Trinajstić information content (AvgIpc) is 2.88. The van der Waals surface area contributed by atoms with Crippen LogP contribution >= 0.6 is 11.3 Å². The van der Waals surface area contributed by atoms with Gasteiger partial charge in [-0.15, -0.1) is 0 Å². The summed E-state index contributed by atoms with van der Waals surface area (Å²) in [5.74, 6) is -0.0817. The van der Waals surface area contributed by atoms with Gasteiger partial charge in [-0.2, -0.15) is 11.3 Å². The Bertz CT molecular complexity index is 604. The van der Waals surface area contributed by atoms with Gasteiger partial charge in [-0.05, 0) is 71.1 Å². The second-order valence-corrected chi connectivity index (χ2v) is 5.36. The molecule has 0 fully saturated rings. The lowest BCUT2D eigenvalue weighted by molar-refractivity contribution is -0.131. The quantitative estimate of drug-likeness (QED) is 0.845. The minimum atomic E-state index is -0.946. The molecule has 4 heteroatoms. The topological polar surface area (TPSA) is 46.5 Å². The first kappa shape index (κ1) is 14.3. The number of ether oxygens (including phenoxy) is 1. The maximum atomic E-state index is 10.5. The summed E-state index contributed by atoms with van der Waals surface area (Å²) < 4.78 is 5.86. The number of benzene rings is 1. The first-order valence-corrected chi connectivity index (χ1v) is 7.16. The molecule has 0 bridgehead atoms. The summed E-state index contributed by atoms with van der Waals surface area (Å²) in [5, 5.41) is 12.7. The predicted octanol–water partition coefficient (Wildman–Crippen LogP) is 4.04. The van der Waals surface area contributed by atoms with E-state index in [0.717, 1.165) is 34.1 Å². The summed E-state index contributed by atoms with van der Waals surface area (Å²) >= 11 is 1.65. The molecule has 0 saturated carbocycles. The molecule has 2 rings (SSSR count). The molecule has 2 aromatic rings. The van der Waals surface area contributed by atoms with Crippen molar-refractivity contribution >= 4 is 23.4 Å². The molecule has 1 heterocycles. The fourth-order valence-corrected chi connectivity index (χ4v) is 2.66. The molecule has 3 nitrogen and oxygen atoms in total. The van der Waals surface area contributed by atoms with Crippen molar-refractivity contribution in [3.05, 3.63) is 57.3 Å². The summed E-state index contributed by atoms with van der Waals surface area (Å²) in [6.45, 7) is 4.48. The van der Waals surface area contributed by atoms with Gasteiger partial charge in [-0.25, -0.2) is 4.79 Å². The van der Waals surface area contributed by atoms with Crippen LogP contribution in [0.15, 0.2) is 35.0 Å². The Kier molecular flexibility index (Phi) is 4.58. The first-order chi connectivity index (χ1) is 9.56. The summed E-state index contributed by atoms with van der Waals surface area (Å²) in [4.78, 5) is 10.5. The highest BCUT2D eigenvalue weighted by Gasteiger charge is 2.06. The standard InChI is InChI=1S/C16H16O3S/c1-11-7-13(3-4-15(17)18)8-12(2)16(11)19-9-14-5-6-20-10-14/h3-8,10H,9H2,1-2H3,(H,17,18)/b4-3+. The van der Waals surface area contributed by atoms with Gasteiger partial charge in [0.15, 0.2) is 0 Å². The molecule has 1 aromatic carbocycles. The van der Waals surface area contributed by atoms with Crippen molar-refractivity contribution in [3.8, 4) is 5.75 Å².